The van der Waals surface area contributed by atoms with Gasteiger partial charge in [-0.25, -0.2) is 4.39 Å². The molecule has 0 aromatic heterocycles. The molecule has 4 atom stereocenters. The Morgan fingerprint density at radius 3 is 2.75 bits per heavy atom. The monoisotopic (exact) mass is 275 g/mol. The summed E-state index contributed by atoms with van der Waals surface area (Å²) in [4.78, 5) is 12.2. The average molecular weight is 275 g/mol. The number of halogens is 1. The van der Waals surface area contributed by atoms with Gasteiger partial charge in [0.15, 0.2) is 0 Å². The van der Waals surface area contributed by atoms with Crippen LogP contribution in [-0.4, -0.2) is 11.9 Å². The predicted molar refractivity (Wildman–Crippen MR) is 77.0 cm³/mol. The second kappa shape index (κ2) is 5.19. The maximum absolute atomic E-state index is 13.8. The van der Waals surface area contributed by atoms with Crippen molar-refractivity contribution in [2.45, 2.75) is 45.6 Å². The molecule has 0 heterocycles. The van der Waals surface area contributed by atoms with Gasteiger partial charge in [0.1, 0.15) is 5.82 Å². The van der Waals surface area contributed by atoms with Gasteiger partial charge in [0.05, 0.1) is 5.56 Å². The minimum absolute atomic E-state index is 0.138. The number of amides is 1. The molecule has 20 heavy (non-hydrogen) atoms. The van der Waals surface area contributed by atoms with E-state index in [1.165, 1.54) is 31.7 Å². The zero-order valence-corrected chi connectivity index (χ0v) is 12.2. The van der Waals surface area contributed by atoms with Crippen LogP contribution in [0.3, 0.4) is 0 Å². The third-order valence-corrected chi connectivity index (χ3v) is 5.16. The van der Waals surface area contributed by atoms with Gasteiger partial charge in [0.2, 0.25) is 0 Å². The third kappa shape index (κ3) is 2.46. The van der Waals surface area contributed by atoms with Crippen molar-refractivity contribution in [3.8, 4) is 0 Å². The lowest BCUT2D eigenvalue weighted by Crippen LogP contribution is -2.40. The summed E-state index contributed by atoms with van der Waals surface area (Å²) >= 11 is 0. The van der Waals surface area contributed by atoms with E-state index in [2.05, 4.69) is 12.2 Å². The van der Waals surface area contributed by atoms with Gasteiger partial charge in [0, 0.05) is 6.04 Å². The van der Waals surface area contributed by atoms with Gasteiger partial charge in [-0.15, -0.1) is 0 Å². The van der Waals surface area contributed by atoms with E-state index in [-0.39, 0.29) is 17.5 Å². The predicted octanol–water partition coefficient (Wildman–Crippen LogP) is 3.69. The minimum Gasteiger partial charge on any atom is -0.349 e. The van der Waals surface area contributed by atoms with Crippen molar-refractivity contribution in [1.29, 1.82) is 0 Å². The maximum Gasteiger partial charge on any atom is 0.254 e. The van der Waals surface area contributed by atoms with Crippen molar-refractivity contribution in [2.75, 3.05) is 0 Å². The summed E-state index contributed by atoms with van der Waals surface area (Å²) in [5.74, 6) is 1.49. The number of rotatable bonds is 3. The largest absolute Gasteiger partial charge is 0.349 e. The molecule has 1 amide bonds. The molecule has 2 aliphatic rings. The highest BCUT2D eigenvalue weighted by Crippen LogP contribution is 2.49. The number of benzene rings is 1. The number of aryl methyl sites for hydroxylation is 1. The van der Waals surface area contributed by atoms with Crippen LogP contribution in [0.25, 0.3) is 0 Å². The number of fused-ring (bicyclic) bond motifs is 2. The minimum atomic E-state index is -0.428. The van der Waals surface area contributed by atoms with Crippen LogP contribution in [0.15, 0.2) is 18.2 Å². The zero-order valence-electron chi connectivity index (χ0n) is 12.2. The Bertz CT molecular complexity index is 528. The molecule has 2 saturated carbocycles. The Labute approximate surface area is 119 Å². The summed E-state index contributed by atoms with van der Waals surface area (Å²) in [6.45, 7) is 3.89. The summed E-state index contributed by atoms with van der Waals surface area (Å²) < 4.78 is 13.8. The summed E-state index contributed by atoms with van der Waals surface area (Å²) in [7, 11) is 0. The molecule has 4 unspecified atom stereocenters. The molecule has 1 N–H and O–H groups in total. The first kappa shape index (κ1) is 13.6. The molecule has 1 aromatic carbocycles. The van der Waals surface area contributed by atoms with Gasteiger partial charge in [-0.2, -0.15) is 0 Å². The van der Waals surface area contributed by atoms with Crippen LogP contribution in [0.2, 0.25) is 0 Å². The molecule has 0 saturated heterocycles. The topological polar surface area (TPSA) is 29.1 Å². The lowest BCUT2D eigenvalue weighted by atomic mass is 9.84. The van der Waals surface area contributed by atoms with Gasteiger partial charge in [-0.1, -0.05) is 12.5 Å². The fourth-order valence-corrected chi connectivity index (χ4v) is 4.10. The molecular weight excluding hydrogens is 253 g/mol. The molecule has 0 spiro atoms. The standard InChI is InChI=1S/C17H22FNO/c1-10-3-6-14(16(18)7-10)17(20)19-11(2)15-9-12-4-5-13(15)8-12/h3,6-7,11-13,15H,4-5,8-9H2,1-2H3,(H,19,20). The molecule has 1 aromatic rings. The van der Waals surface area contributed by atoms with E-state index in [1.54, 1.807) is 12.1 Å². The highest BCUT2D eigenvalue weighted by molar-refractivity contribution is 5.94. The number of hydrogen-bond donors (Lipinski definition) is 1. The highest BCUT2D eigenvalue weighted by Gasteiger charge is 2.42. The van der Waals surface area contributed by atoms with Crippen molar-refractivity contribution in [1.82, 2.24) is 5.32 Å². The van der Waals surface area contributed by atoms with Crippen LogP contribution in [-0.2, 0) is 0 Å². The first-order valence-electron chi connectivity index (χ1n) is 7.61. The highest BCUT2D eigenvalue weighted by atomic mass is 19.1. The van der Waals surface area contributed by atoms with Crippen molar-refractivity contribution in [2.24, 2.45) is 17.8 Å². The number of carbonyl (C=O) groups is 1. The molecule has 0 aliphatic heterocycles. The van der Waals surface area contributed by atoms with Gasteiger partial charge in [0.25, 0.3) is 5.91 Å². The Morgan fingerprint density at radius 1 is 1.35 bits per heavy atom. The number of nitrogens with one attached hydrogen (secondary N) is 1. The van der Waals surface area contributed by atoms with Crippen LogP contribution >= 0.6 is 0 Å². The fourth-order valence-electron chi connectivity index (χ4n) is 4.10. The average Bonchev–Trinajstić information content (AvgIpc) is 3.00. The third-order valence-electron chi connectivity index (χ3n) is 5.16. The van der Waals surface area contributed by atoms with E-state index in [0.717, 1.165) is 17.4 Å². The molecular formula is C17H22FNO. The van der Waals surface area contributed by atoms with Gasteiger partial charge in [-0.3, -0.25) is 4.79 Å². The van der Waals surface area contributed by atoms with E-state index >= 15 is 0 Å². The number of carbonyl (C=O) groups excluding carboxylic acids is 1. The van der Waals surface area contributed by atoms with E-state index < -0.39 is 5.82 Å². The summed E-state index contributed by atoms with van der Waals surface area (Å²) in [6.07, 6.45) is 5.20. The first-order chi connectivity index (χ1) is 9.54. The van der Waals surface area contributed by atoms with Crippen LogP contribution in [0.1, 0.15) is 48.5 Å². The van der Waals surface area contributed by atoms with Crippen molar-refractivity contribution < 1.29 is 9.18 Å². The van der Waals surface area contributed by atoms with Crippen molar-refractivity contribution in [3.05, 3.63) is 35.1 Å². The Kier molecular flexibility index (Phi) is 3.53. The number of hydrogen-bond acceptors (Lipinski definition) is 1. The Balaban J connectivity index is 1.66. The second-order valence-corrected chi connectivity index (χ2v) is 6.58. The molecule has 108 valence electrons. The lowest BCUT2D eigenvalue weighted by Gasteiger charge is -2.28. The normalized spacial score (nSPS) is 29.4. The molecule has 2 nitrogen and oxygen atoms in total. The Hall–Kier alpha value is -1.38. The SMILES string of the molecule is Cc1ccc(C(=O)NC(C)C2CC3CCC2C3)c(F)c1. The smallest absolute Gasteiger partial charge is 0.254 e. The van der Waals surface area contributed by atoms with E-state index in [1.807, 2.05) is 6.92 Å². The second-order valence-electron chi connectivity index (χ2n) is 6.58. The lowest BCUT2D eigenvalue weighted by molar-refractivity contribution is 0.0911. The van der Waals surface area contributed by atoms with Crippen LogP contribution in [0.4, 0.5) is 4.39 Å². The summed E-state index contributed by atoms with van der Waals surface area (Å²) in [6, 6.07) is 4.91. The molecule has 2 fully saturated rings. The summed E-state index contributed by atoms with van der Waals surface area (Å²) in [5, 5.41) is 3.00. The van der Waals surface area contributed by atoms with Crippen molar-refractivity contribution in [3.63, 3.8) is 0 Å². The first-order valence-corrected chi connectivity index (χ1v) is 7.61. The van der Waals surface area contributed by atoms with E-state index in [9.17, 15) is 9.18 Å². The quantitative estimate of drug-likeness (QED) is 0.895. The van der Waals surface area contributed by atoms with Gasteiger partial charge in [-0.05, 0) is 68.6 Å². The zero-order chi connectivity index (χ0) is 14.3. The molecule has 0 radical (unpaired) electrons. The van der Waals surface area contributed by atoms with Crippen LogP contribution < -0.4 is 5.32 Å². The maximum atomic E-state index is 13.8. The molecule has 2 aliphatic carbocycles. The van der Waals surface area contributed by atoms with E-state index in [0.29, 0.717) is 5.92 Å². The van der Waals surface area contributed by atoms with Gasteiger partial charge >= 0.3 is 0 Å². The van der Waals surface area contributed by atoms with Crippen molar-refractivity contribution >= 4 is 5.91 Å². The fraction of sp³-hybridized carbons (Fsp3) is 0.588. The molecule has 2 bridgehead atoms. The van der Waals surface area contributed by atoms with Crippen LogP contribution in [0, 0.1) is 30.5 Å². The van der Waals surface area contributed by atoms with Crippen LogP contribution in [0.5, 0.6) is 0 Å². The van der Waals surface area contributed by atoms with Gasteiger partial charge < -0.3 is 5.32 Å². The van der Waals surface area contributed by atoms with E-state index in [4.69, 9.17) is 0 Å². The summed E-state index contributed by atoms with van der Waals surface area (Å²) in [5.41, 5.74) is 0.991. The Morgan fingerprint density at radius 2 is 2.15 bits per heavy atom. The molecule has 3 rings (SSSR count). The molecule has 3 heteroatoms.